The summed E-state index contributed by atoms with van der Waals surface area (Å²) in [4.78, 5) is 1.09. The Kier molecular flexibility index (Phi) is 2.33. The summed E-state index contributed by atoms with van der Waals surface area (Å²) < 4.78 is 1.32. The molecule has 0 aliphatic heterocycles. The van der Waals surface area contributed by atoms with Crippen LogP contribution in [0.25, 0.3) is 9.40 Å². The number of rotatable bonds is 1. The van der Waals surface area contributed by atoms with Crippen LogP contribution in [0.2, 0.25) is 0 Å². The van der Waals surface area contributed by atoms with Crippen LogP contribution in [0.1, 0.15) is 22.9 Å². The lowest BCUT2D eigenvalue weighted by molar-refractivity contribution is 0.319. The highest BCUT2D eigenvalue weighted by Gasteiger charge is 2.13. The molecular weight excluding hydrogens is 214 g/mol. The van der Waals surface area contributed by atoms with Crippen LogP contribution in [0, 0.1) is 13.8 Å². The highest BCUT2D eigenvalue weighted by molar-refractivity contribution is 7.38. The van der Waals surface area contributed by atoms with Gasteiger partial charge in [0.2, 0.25) is 0 Å². The van der Waals surface area contributed by atoms with Crippen LogP contribution in [0.4, 0.5) is 0 Å². The van der Waals surface area contributed by atoms with E-state index in [9.17, 15) is 0 Å². The minimum Gasteiger partial charge on any atom is -0.411 e. The standard InChI is InChI=1S/C10H11NOS2/c1-5-4-13-10-8(5)6(2)9(14-10)7(3)11-12/h4,12H,1-3H3/b11-7-. The molecule has 1 N–H and O–H groups in total. The number of aryl methyl sites for hydroxylation is 2. The van der Waals surface area contributed by atoms with Gasteiger partial charge in [-0.05, 0) is 37.3 Å². The molecule has 0 bridgehead atoms. The normalized spacial score (nSPS) is 12.6. The predicted molar refractivity (Wildman–Crippen MR) is 63.2 cm³/mol. The second-order valence-electron chi connectivity index (χ2n) is 3.32. The van der Waals surface area contributed by atoms with Crippen LogP contribution < -0.4 is 0 Å². The molecule has 0 amide bonds. The van der Waals surface area contributed by atoms with Crippen LogP contribution in [-0.4, -0.2) is 10.9 Å². The summed E-state index contributed by atoms with van der Waals surface area (Å²) in [6.45, 7) is 6.04. The number of oxime groups is 1. The average Bonchev–Trinajstić information content (AvgIpc) is 2.68. The molecule has 0 aliphatic carbocycles. The number of nitrogens with zero attached hydrogens (tertiary/aromatic N) is 1. The topological polar surface area (TPSA) is 32.6 Å². The van der Waals surface area contributed by atoms with Gasteiger partial charge in [0.25, 0.3) is 0 Å². The van der Waals surface area contributed by atoms with Crippen LogP contribution in [0.3, 0.4) is 0 Å². The SMILES string of the molecule is C/C(=N/O)c1sc2scc(C)c2c1C. The summed E-state index contributed by atoms with van der Waals surface area (Å²) in [5.41, 5.74) is 3.25. The summed E-state index contributed by atoms with van der Waals surface area (Å²) in [5, 5.41) is 15.5. The van der Waals surface area contributed by atoms with E-state index in [1.807, 2.05) is 6.92 Å². The number of thiophene rings is 2. The maximum absolute atomic E-state index is 8.74. The summed E-state index contributed by atoms with van der Waals surface area (Å²) >= 11 is 3.46. The molecule has 0 unspecified atom stereocenters. The van der Waals surface area contributed by atoms with Gasteiger partial charge in [0, 0.05) is 5.39 Å². The molecular formula is C10H11NOS2. The van der Waals surface area contributed by atoms with E-state index in [0.29, 0.717) is 5.71 Å². The molecule has 0 atom stereocenters. The second-order valence-corrected chi connectivity index (χ2v) is 5.48. The largest absolute Gasteiger partial charge is 0.411 e. The van der Waals surface area contributed by atoms with Gasteiger partial charge in [-0.25, -0.2) is 0 Å². The third-order valence-electron chi connectivity index (χ3n) is 2.33. The molecule has 2 nitrogen and oxygen atoms in total. The molecule has 74 valence electrons. The van der Waals surface area contributed by atoms with Crippen molar-refractivity contribution in [3.05, 3.63) is 21.4 Å². The minimum atomic E-state index is 0.704. The Morgan fingerprint density at radius 3 is 2.71 bits per heavy atom. The molecule has 0 saturated carbocycles. The van der Waals surface area contributed by atoms with Crippen molar-refractivity contribution < 1.29 is 5.21 Å². The highest BCUT2D eigenvalue weighted by atomic mass is 32.2. The van der Waals surface area contributed by atoms with Crippen molar-refractivity contribution >= 4 is 37.8 Å². The molecule has 2 aromatic heterocycles. The first-order valence-corrected chi connectivity index (χ1v) is 6.01. The van der Waals surface area contributed by atoms with Crippen molar-refractivity contribution in [1.29, 1.82) is 0 Å². The average molecular weight is 225 g/mol. The summed E-state index contributed by atoms with van der Waals surface area (Å²) in [5.74, 6) is 0. The van der Waals surface area contributed by atoms with Crippen LogP contribution in [0.15, 0.2) is 10.5 Å². The fraction of sp³-hybridized carbons (Fsp3) is 0.300. The lowest BCUT2D eigenvalue weighted by atomic mass is 10.1. The van der Waals surface area contributed by atoms with E-state index in [2.05, 4.69) is 24.4 Å². The van der Waals surface area contributed by atoms with Gasteiger partial charge < -0.3 is 5.21 Å². The van der Waals surface area contributed by atoms with E-state index in [1.54, 1.807) is 22.7 Å². The van der Waals surface area contributed by atoms with Gasteiger partial charge in [-0.3, -0.25) is 0 Å². The molecule has 2 rings (SSSR count). The van der Waals surface area contributed by atoms with Gasteiger partial charge in [0.05, 0.1) is 14.6 Å². The van der Waals surface area contributed by atoms with Gasteiger partial charge in [0.1, 0.15) is 0 Å². The lowest BCUT2D eigenvalue weighted by Crippen LogP contribution is -1.92. The van der Waals surface area contributed by atoms with Gasteiger partial charge >= 0.3 is 0 Å². The Morgan fingerprint density at radius 2 is 2.14 bits per heavy atom. The zero-order valence-electron chi connectivity index (χ0n) is 8.29. The smallest absolute Gasteiger partial charge is 0.0939 e. The zero-order chi connectivity index (χ0) is 10.3. The van der Waals surface area contributed by atoms with E-state index < -0.39 is 0 Å². The predicted octanol–water partition coefficient (Wildman–Crippen LogP) is 3.78. The van der Waals surface area contributed by atoms with E-state index in [4.69, 9.17) is 5.21 Å². The first-order chi connectivity index (χ1) is 6.65. The van der Waals surface area contributed by atoms with Crippen molar-refractivity contribution in [2.75, 3.05) is 0 Å². The lowest BCUT2D eigenvalue weighted by Gasteiger charge is -1.95. The second kappa shape index (κ2) is 3.37. The maximum Gasteiger partial charge on any atom is 0.0939 e. The molecule has 0 saturated heterocycles. The van der Waals surface area contributed by atoms with Crippen molar-refractivity contribution in [3.8, 4) is 0 Å². The van der Waals surface area contributed by atoms with Crippen LogP contribution in [-0.2, 0) is 0 Å². The number of hydrogen-bond acceptors (Lipinski definition) is 4. The van der Waals surface area contributed by atoms with Gasteiger partial charge in [-0.1, -0.05) is 5.16 Å². The molecule has 0 spiro atoms. The Bertz CT molecular complexity index is 507. The van der Waals surface area contributed by atoms with E-state index in [1.165, 1.54) is 20.5 Å². The molecule has 0 radical (unpaired) electrons. The van der Waals surface area contributed by atoms with Crippen molar-refractivity contribution in [1.82, 2.24) is 0 Å². The maximum atomic E-state index is 8.74. The molecule has 4 heteroatoms. The van der Waals surface area contributed by atoms with Crippen molar-refractivity contribution in [3.63, 3.8) is 0 Å². The fourth-order valence-corrected chi connectivity index (χ4v) is 4.08. The molecule has 2 aromatic rings. The monoisotopic (exact) mass is 225 g/mol. The highest BCUT2D eigenvalue weighted by Crippen LogP contribution is 2.37. The first-order valence-electron chi connectivity index (χ1n) is 4.31. The van der Waals surface area contributed by atoms with Crippen LogP contribution in [0.5, 0.6) is 0 Å². The summed E-state index contributed by atoms with van der Waals surface area (Å²) in [7, 11) is 0. The van der Waals surface area contributed by atoms with E-state index in [0.717, 1.165) is 4.88 Å². The summed E-state index contributed by atoms with van der Waals surface area (Å²) in [6.07, 6.45) is 0. The number of hydrogen-bond donors (Lipinski definition) is 1. The molecule has 0 aromatic carbocycles. The zero-order valence-corrected chi connectivity index (χ0v) is 9.92. The quantitative estimate of drug-likeness (QED) is 0.447. The third kappa shape index (κ3) is 1.26. The molecule has 0 aliphatic rings. The minimum absolute atomic E-state index is 0.704. The van der Waals surface area contributed by atoms with Gasteiger partial charge in [0.15, 0.2) is 0 Å². The van der Waals surface area contributed by atoms with Crippen molar-refractivity contribution in [2.45, 2.75) is 20.8 Å². The Hall–Kier alpha value is -0.870. The first kappa shape index (κ1) is 9.68. The Balaban J connectivity index is 2.75. The van der Waals surface area contributed by atoms with Crippen molar-refractivity contribution in [2.24, 2.45) is 5.16 Å². The fourth-order valence-electron chi connectivity index (χ4n) is 1.62. The van der Waals surface area contributed by atoms with E-state index >= 15 is 0 Å². The van der Waals surface area contributed by atoms with Gasteiger partial charge in [-0.15, -0.1) is 22.7 Å². The molecule has 0 fully saturated rings. The Labute approximate surface area is 90.5 Å². The van der Waals surface area contributed by atoms with Gasteiger partial charge in [-0.2, -0.15) is 0 Å². The van der Waals surface area contributed by atoms with Crippen LogP contribution >= 0.6 is 22.7 Å². The number of fused-ring (bicyclic) bond motifs is 1. The summed E-state index contributed by atoms with van der Waals surface area (Å²) in [6, 6.07) is 0. The Morgan fingerprint density at radius 1 is 1.43 bits per heavy atom. The van der Waals surface area contributed by atoms with E-state index in [-0.39, 0.29) is 0 Å². The third-order valence-corrected chi connectivity index (χ3v) is 4.95. The molecule has 2 heterocycles. The molecule has 14 heavy (non-hydrogen) atoms.